The number of hydrogen-bond donors (Lipinski definition) is 1. The second kappa shape index (κ2) is 7.34. The molecular formula is C24H20N8O2. The number of imidazole rings is 1. The van der Waals surface area contributed by atoms with Gasteiger partial charge in [-0.05, 0) is 48.6 Å². The van der Waals surface area contributed by atoms with E-state index in [1.54, 1.807) is 29.6 Å². The van der Waals surface area contributed by atoms with Gasteiger partial charge in [-0.25, -0.2) is 9.50 Å². The van der Waals surface area contributed by atoms with E-state index in [-0.39, 0.29) is 17.7 Å². The van der Waals surface area contributed by atoms with Crippen LogP contribution in [0.2, 0.25) is 0 Å². The van der Waals surface area contributed by atoms with Crippen LogP contribution in [-0.2, 0) is 6.42 Å². The van der Waals surface area contributed by atoms with Crippen LogP contribution in [-0.4, -0.2) is 52.1 Å². The van der Waals surface area contributed by atoms with Gasteiger partial charge >= 0.3 is 11.8 Å². The summed E-state index contributed by atoms with van der Waals surface area (Å²) >= 11 is 0. The summed E-state index contributed by atoms with van der Waals surface area (Å²) in [5, 5.41) is 12.9. The molecule has 0 bridgehead atoms. The number of rotatable bonds is 4. The van der Waals surface area contributed by atoms with Gasteiger partial charge in [-0.15, -0.1) is 10.2 Å². The standard InChI is InChI=1S/C24H20N8O2/c33-24(23-29-28-22(34-23)17-5-1-2-9-25-17)31-11-8-16-20(27-13-26-16)21(31)18-12-19-15(14-6-7-14)4-3-10-32(19)30-18/h1-5,9-10,12-14,21H,6-8,11H2,(H,26,27)/t21-/m1/s1. The third-order valence-electron chi connectivity index (χ3n) is 6.53. The fraction of sp³-hybridized carbons (Fsp3) is 0.250. The van der Waals surface area contributed by atoms with Crippen molar-refractivity contribution in [2.45, 2.75) is 31.2 Å². The molecule has 0 radical (unpaired) electrons. The highest BCUT2D eigenvalue weighted by molar-refractivity contribution is 5.90. The zero-order valence-electron chi connectivity index (χ0n) is 18.1. The SMILES string of the molecule is O=C(c1nnc(-c2ccccn2)o1)N1CCc2[nH]cnc2[C@H]1c1cc2c(C3CC3)cccn2n1. The summed E-state index contributed by atoms with van der Waals surface area (Å²) in [7, 11) is 0. The highest BCUT2D eigenvalue weighted by Crippen LogP contribution is 2.43. The Hall–Kier alpha value is -4.34. The van der Waals surface area contributed by atoms with Crippen LogP contribution < -0.4 is 0 Å². The molecule has 168 valence electrons. The van der Waals surface area contributed by atoms with Gasteiger partial charge in [-0.2, -0.15) is 5.10 Å². The third-order valence-corrected chi connectivity index (χ3v) is 6.53. The number of carbonyl (C=O) groups excluding carboxylic acids is 1. The summed E-state index contributed by atoms with van der Waals surface area (Å²) in [6, 6.07) is 11.2. The molecule has 1 aliphatic carbocycles. The maximum atomic E-state index is 13.6. The van der Waals surface area contributed by atoms with Crippen molar-refractivity contribution in [2.75, 3.05) is 6.54 Å². The van der Waals surface area contributed by atoms with Crippen LogP contribution in [0.1, 0.15) is 58.1 Å². The first-order valence-electron chi connectivity index (χ1n) is 11.3. The number of nitrogens with one attached hydrogen (secondary N) is 1. The molecule has 7 rings (SSSR count). The zero-order chi connectivity index (χ0) is 22.6. The van der Waals surface area contributed by atoms with Crippen LogP contribution in [0.4, 0.5) is 0 Å². The number of carbonyl (C=O) groups is 1. The van der Waals surface area contributed by atoms with Crippen LogP contribution >= 0.6 is 0 Å². The molecule has 0 unspecified atom stereocenters. The fourth-order valence-electron chi connectivity index (χ4n) is 4.75. The number of pyridine rings is 2. The molecule has 1 aliphatic heterocycles. The molecule has 0 aromatic carbocycles. The normalized spacial score (nSPS) is 17.8. The summed E-state index contributed by atoms with van der Waals surface area (Å²) in [5.74, 6) is 0.362. The third kappa shape index (κ3) is 3.02. The lowest BCUT2D eigenvalue weighted by atomic mass is 9.99. The fourth-order valence-corrected chi connectivity index (χ4v) is 4.75. The minimum atomic E-state index is -0.459. The van der Waals surface area contributed by atoms with Crippen LogP contribution in [0.3, 0.4) is 0 Å². The highest BCUT2D eigenvalue weighted by atomic mass is 16.4. The number of aromatic nitrogens is 7. The van der Waals surface area contributed by atoms with Crippen molar-refractivity contribution in [1.82, 2.24) is 39.7 Å². The zero-order valence-corrected chi connectivity index (χ0v) is 18.1. The lowest BCUT2D eigenvalue weighted by molar-refractivity contribution is 0.0646. The van der Waals surface area contributed by atoms with Gasteiger partial charge < -0.3 is 14.3 Å². The maximum Gasteiger partial charge on any atom is 0.312 e. The summed E-state index contributed by atoms with van der Waals surface area (Å²) in [6.07, 6.45) is 8.31. The minimum Gasteiger partial charge on any atom is -0.411 e. The largest absolute Gasteiger partial charge is 0.411 e. The van der Waals surface area contributed by atoms with Crippen molar-refractivity contribution < 1.29 is 9.21 Å². The second-order valence-corrected chi connectivity index (χ2v) is 8.68. The Morgan fingerprint density at radius 2 is 2.06 bits per heavy atom. The lowest BCUT2D eigenvalue weighted by Gasteiger charge is -2.32. The Kier molecular flexibility index (Phi) is 4.14. The van der Waals surface area contributed by atoms with Crippen LogP contribution in [0.25, 0.3) is 17.1 Å². The average Bonchev–Trinajstić information content (AvgIpc) is 3.27. The van der Waals surface area contributed by atoms with Crippen molar-refractivity contribution in [3.63, 3.8) is 0 Å². The maximum absolute atomic E-state index is 13.6. The topological polar surface area (TPSA) is 118 Å². The van der Waals surface area contributed by atoms with Crippen molar-refractivity contribution in [3.8, 4) is 11.6 Å². The molecule has 10 heteroatoms. The van der Waals surface area contributed by atoms with Crippen LogP contribution in [0.5, 0.6) is 0 Å². The van der Waals surface area contributed by atoms with E-state index in [9.17, 15) is 4.79 Å². The van der Waals surface area contributed by atoms with E-state index in [0.29, 0.717) is 24.6 Å². The molecule has 0 spiro atoms. The van der Waals surface area contributed by atoms with Crippen molar-refractivity contribution >= 4 is 11.4 Å². The Labute approximate surface area is 193 Å². The van der Waals surface area contributed by atoms with Gasteiger partial charge in [-0.1, -0.05) is 12.1 Å². The monoisotopic (exact) mass is 452 g/mol. The number of H-pyrrole nitrogens is 1. The summed E-state index contributed by atoms with van der Waals surface area (Å²) in [5.41, 5.74) is 5.46. The first kappa shape index (κ1) is 19.2. The highest BCUT2D eigenvalue weighted by Gasteiger charge is 2.38. The number of fused-ring (bicyclic) bond motifs is 2. The Balaban J connectivity index is 1.29. The summed E-state index contributed by atoms with van der Waals surface area (Å²) < 4.78 is 7.63. The molecule has 2 aliphatic rings. The lowest BCUT2D eigenvalue weighted by Crippen LogP contribution is -2.41. The van der Waals surface area contributed by atoms with E-state index in [1.807, 2.05) is 22.8 Å². The van der Waals surface area contributed by atoms with Gasteiger partial charge in [0, 0.05) is 31.1 Å². The summed E-state index contributed by atoms with van der Waals surface area (Å²) in [6.45, 7) is 0.476. The molecule has 10 nitrogen and oxygen atoms in total. The Bertz CT molecular complexity index is 1510. The second-order valence-electron chi connectivity index (χ2n) is 8.68. The summed E-state index contributed by atoms with van der Waals surface area (Å²) in [4.78, 5) is 27.3. The molecule has 34 heavy (non-hydrogen) atoms. The quantitative estimate of drug-likeness (QED) is 0.445. The molecule has 6 heterocycles. The smallest absolute Gasteiger partial charge is 0.312 e. The predicted octanol–water partition coefficient (Wildman–Crippen LogP) is 3.17. The average molecular weight is 452 g/mol. The molecule has 1 amide bonds. The van der Waals surface area contributed by atoms with E-state index >= 15 is 0 Å². The molecule has 0 saturated heterocycles. The van der Waals surface area contributed by atoms with E-state index in [1.165, 1.54) is 18.4 Å². The van der Waals surface area contributed by atoms with E-state index in [4.69, 9.17) is 9.52 Å². The number of hydrogen-bond acceptors (Lipinski definition) is 7. The van der Waals surface area contributed by atoms with E-state index < -0.39 is 6.04 Å². The Morgan fingerprint density at radius 1 is 1.12 bits per heavy atom. The molecular weight excluding hydrogens is 432 g/mol. The van der Waals surface area contributed by atoms with E-state index in [0.717, 1.165) is 22.6 Å². The molecule has 5 aromatic heterocycles. The number of amides is 1. The predicted molar refractivity (Wildman–Crippen MR) is 120 cm³/mol. The molecule has 1 atom stereocenters. The molecule has 1 fully saturated rings. The minimum absolute atomic E-state index is 0.0768. The van der Waals surface area contributed by atoms with Crippen molar-refractivity contribution in [3.05, 3.63) is 83.7 Å². The number of nitrogens with zero attached hydrogens (tertiary/aromatic N) is 7. The Morgan fingerprint density at radius 3 is 2.91 bits per heavy atom. The van der Waals surface area contributed by atoms with Gasteiger partial charge in [0.05, 0.1) is 23.2 Å². The molecule has 5 aromatic rings. The molecule has 1 N–H and O–H groups in total. The van der Waals surface area contributed by atoms with Gasteiger partial charge in [0.1, 0.15) is 11.7 Å². The molecule has 1 saturated carbocycles. The van der Waals surface area contributed by atoms with Gasteiger partial charge in [0.25, 0.3) is 5.89 Å². The van der Waals surface area contributed by atoms with Gasteiger partial charge in [0.15, 0.2) is 0 Å². The van der Waals surface area contributed by atoms with Gasteiger partial charge in [0.2, 0.25) is 0 Å². The number of aromatic amines is 1. The van der Waals surface area contributed by atoms with Crippen LogP contribution in [0.15, 0.2) is 59.5 Å². The van der Waals surface area contributed by atoms with Crippen molar-refractivity contribution in [1.29, 1.82) is 0 Å². The van der Waals surface area contributed by atoms with Crippen molar-refractivity contribution in [2.24, 2.45) is 0 Å². The van der Waals surface area contributed by atoms with Gasteiger partial charge in [-0.3, -0.25) is 9.78 Å². The van der Waals surface area contributed by atoms with Crippen LogP contribution in [0, 0.1) is 0 Å². The van der Waals surface area contributed by atoms with E-state index in [2.05, 4.69) is 37.3 Å². The first-order valence-corrected chi connectivity index (χ1v) is 11.3. The first-order chi connectivity index (χ1) is 16.8.